The lowest BCUT2D eigenvalue weighted by Crippen LogP contribution is -2.10. The predicted octanol–water partition coefficient (Wildman–Crippen LogP) is 3.23. The summed E-state index contributed by atoms with van der Waals surface area (Å²) in [7, 11) is 4.72. The van der Waals surface area contributed by atoms with E-state index in [9.17, 15) is 4.79 Å². The van der Waals surface area contributed by atoms with E-state index >= 15 is 0 Å². The molecule has 0 amide bonds. The second kappa shape index (κ2) is 6.47. The van der Waals surface area contributed by atoms with Gasteiger partial charge in [0.2, 0.25) is 0 Å². The third-order valence-corrected chi connectivity index (χ3v) is 4.15. The minimum Gasteiger partial charge on any atom is -0.496 e. The van der Waals surface area contributed by atoms with Crippen LogP contribution in [0.5, 0.6) is 17.2 Å². The molecular weight excluding hydrogens is 320 g/mol. The molecule has 130 valence electrons. The van der Waals surface area contributed by atoms with Gasteiger partial charge in [0.1, 0.15) is 11.6 Å². The van der Waals surface area contributed by atoms with Gasteiger partial charge in [0.15, 0.2) is 11.5 Å². The van der Waals surface area contributed by atoms with Crippen molar-refractivity contribution in [3.63, 3.8) is 0 Å². The van der Waals surface area contributed by atoms with Gasteiger partial charge in [-0.3, -0.25) is 4.79 Å². The average Bonchev–Trinajstić information content (AvgIpc) is 2.60. The maximum atomic E-state index is 12.5. The molecule has 0 fully saturated rings. The summed E-state index contributed by atoms with van der Waals surface area (Å²) in [5, 5.41) is 0.448. The van der Waals surface area contributed by atoms with Crippen molar-refractivity contribution in [3.05, 3.63) is 45.7 Å². The van der Waals surface area contributed by atoms with Crippen LogP contribution in [0.1, 0.15) is 11.1 Å². The first-order valence-corrected chi connectivity index (χ1v) is 7.80. The molecule has 0 aliphatic carbocycles. The first-order valence-electron chi connectivity index (χ1n) is 7.80. The van der Waals surface area contributed by atoms with Crippen molar-refractivity contribution in [1.82, 2.24) is 9.97 Å². The zero-order chi connectivity index (χ0) is 18.1. The lowest BCUT2D eigenvalue weighted by Gasteiger charge is -2.12. The van der Waals surface area contributed by atoms with E-state index in [0.29, 0.717) is 28.2 Å². The molecule has 6 nitrogen and oxygen atoms in total. The highest BCUT2D eigenvalue weighted by Gasteiger charge is 2.13. The van der Waals surface area contributed by atoms with Crippen LogP contribution >= 0.6 is 0 Å². The average molecular weight is 340 g/mol. The quantitative estimate of drug-likeness (QED) is 0.789. The van der Waals surface area contributed by atoms with E-state index in [1.165, 1.54) is 7.11 Å². The minimum atomic E-state index is -0.230. The van der Waals surface area contributed by atoms with Crippen molar-refractivity contribution >= 4 is 10.9 Å². The molecule has 0 aliphatic rings. The Morgan fingerprint density at radius 2 is 1.48 bits per heavy atom. The van der Waals surface area contributed by atoms with Crippen LogP contribution in [0, 0.1) is 13.8 Å². The summed E-state index contributed by atoms with van der Waals surface area (Å²) in [5.74, 6) is 2.35. The van der Waals surface area contributed by atoms with Crippen molar-refractivity contribution < 1.29 is 14.2 Å². The Kier molecular flexibility index (Phi) is 4.35. The van der Waals surface area contributed by atoms with Crippen LogP contribution in [0.3, 0.4) is 0 Å². The Labute approximate surface area is 145 Å². The molecular formula is C19H20N2O4. The number of aromatic amines is 1. The summed E-state index contributed by atoms with van der Waals surface area (Å²) < 4.78 is 15.9. The van der Waals surface area contributed by atoms with E-state index in [0.717, 1.165) is 22.4 Å². The van der Waals surface area contributed by atoms with Gasteiger partial charge < -0.3 is 19.2 Å². The van der Waals surface area contributed by atoms with Crippen LogP contribution in [0.2, 0.25) is 0 Å². The van der Waals surface area contributed by atoms with Gasteiger partial charge in [-0.05, 0) is 43.2 Å². The number of aryl methyl sites for hydroxylation is 2. The van der Waals surface area contributed by atoms with Gasteiger partial charge in [-0.25, -0.2) is 4.98 Å². The van der Waals surface area contributed by atoms with Crippen molar-refractivity contribution in [2.45, 2.75) is 13.8 Å². The molecule has 25 heavy (non-hydrogen) atoms. The van der Waals surface area contributed by atoms with Crippen LogP contribution < -0.4 is 19.8 Å². The molecule has 0 saturated carbocycles. The maximum Gasteiger partial charge on any atom is 0.259 e. The fourth-order valence-corrected chi connectivity index (χ4v) is 3.01. The van der Waals surface area contributed by atoms with Gasteiger partial charge in [0.05, 0.1) is 32.2 Å². The molecule has 0 saturated heterocycles. The standard InChI is InChI=1S/C19H20N2O4/c1-10-6-12(7-11(2)17(10)25-5)18-20-14-9-16(24-4)15(23-3)8-13(14)19(22)21-18/h6-9H,1-5H3,(H,20,21,22). The number of H-pyrrole nitrogens is 1. The van der Waals surface area contributed by atoms with Crippen LogP contribution in [0.4, 0.5) is 0 Å². The lowest BCUT2D eigenvalue weighted by atomic mass is 10.0. The van der Waals surface area contributed by atoms with Gasteiger partial charge >= 0.3 is 0 Å². The topological polar surface area (TPSA) is 73.4 Å². The summed E-state index contributed by atoms with van der Waals surface area (Å²) in [6, 6.07) is 7.22. The monoisotopic (exact) mass is 340 g/mol. The van der Waals surface area contributed by atoms with E-state index in [4.69, 9.17) is 14.2 Å². The Morgan fingerprint density at radius 1 is 0.880 bits per heavy atom. The van der Waals surface area contributed by atoms with Crippen molar-refractivity contribution in [1.29, 1.82) is 0 Å². The van der Waals surface area contributed by atoms with Crippen molar-refractivity contribution in [2.75, 3.05) is 21.3 Å². The second-order valence-electron chi connectivity index (χ2n) is 5.78. The molecule has 3 rings (SSSR count). The molecule has 3 aromatic rings. The third-order valence-electron chi connectivity index (χ3n) is 4.15. The van der Waals surface area contributed by atoms with Gasteiger partial charge in [0.25, 0.3) is 5.56 Å². The van der Waals surface area contributed by atoms with Gasteiger partial charge in [-0.2, -0.15) is 0 Å². The Hall–Kier alpha value is -3.02. The highest BCUT2D eigenvalue weighted by Crippen LogP contribution is 2.32. The van der Waals surface area contributed by atoms with E-state index in [1.807, 2.05) is 26.0 Å². The highest BCUT2D eigenvalue weighted by atomic mass is 16.5. The molecule has 0 radical (unpaired) electrons. The Morgan fingerprint density at radius 3 is 2.04 bits per heavy atom. The van der Waals surface area contributed by atoms with E-state index in [-0.39, 0.29) is 5.56 Å². The van der Waals surface area contributed by atoms with Gasteiger partial charge in [0, 0.05) is 11.6 Å². The number of nitrogens with one attached hydrogen (secondary N) is 1. The van der Waals surface area contributed by atoms with Crippen molar-refractivity contribution in [2.24, 2.45) is 0 Å². The minimum absolute atomic E-state index is 0.230. The number of ether oxygens (including phenoxy) is 3. The molecule has 1 aromatic heterocycles. The van der Waals surface area contributed by atoms with E-state index in [2.05, 4.69) is 9.97 Å². The van der Waals surface area contributed by atoms with E-state index in [1.54, 1.807) is 26.4 Å². The number of rotatable bonds is 4. The summed E-state index contributed by atoms with van der Waals surface area (Å²) in [4.78, 5) is 20.0. The van der Waals surface area contributed by atoms with Crippen LogP contribution in [-0.4, -0.2) is 31.3 Å². The molecule has 1 N–H and O–H groups in total. The number of hydrogen-bond acceptors (Lipinski definition) is 5. The molecule has 0 bridgehead atoms. The SMILES string of the molecule is COc1cc2nc(-c3cc(C)c(OC)c(C)c3)[nH]c(=O)c2cc1OC. The molecule has 0 unspecified atom stereocenters. The fourth-order valence-electron chi connectivity index (χ4n) is 3.01. The first kappa shape index (κ1) is 16.8. The second-order valence-corrected chi connectivity index (χ2v) is 5.78. The van der Waals surface area contributed by atoms with Crippen LogP contribution in [-0.2, 0) is 0 Å². The number of nitrogens with zero attached hydrogens (tertiary/aromatic N) is 1. The largest absolute Gasteiger partial charge is 0.496 e. The number of methoxy groups -OCH3 is 3. The summed E-state index contributed by atoms with van der Waals surface area (Å²) >= 11 is 0. The third kappa shape index (κ3) is 2.91. The highest BCUT2D eigenvalue weighted by molar-refractivity contribution is 5.83. The summed E-state index contributed by atoms with van der Waals surface area (Å²) in [5.41, 5.74) is 3.10. The normalized spacial score (nSPS) is 10.8. The van der Waals surface area contributed by atoms with Crippen LogP contribution in [0.25, 0.3) is 22.3 Å². The predicted molar refractivity (Wildman–Crippen MR) is 96.9 cm³/mol. The lowest BCUT2D eigenvalue weighted by molar-refractivity contribution is 0.355. The molecule has 0 spiro atoms. The number of fused-ring (bicyclic) bond motifs is 1. The fraction of sp³-hybridized carbons (Fsp3) is 0.263. The zero-order valence-electron chi connectivity index (χ0n) is 14.9. The smallest absolute Gasteiger partial charge is 0.259 e. The van der Waals surface area contributed by atoms with E-state index < -0.39 is 0 Å². The first-order chi connectivity index (χ1) is 12.0. The molecule has 0 aliphatic heterocycles. The molecule has 6 heteroatoms. The summed E-state index contributed by atoms with van der Waals surface area (Å²) in [6.07, 6.45) is 0. The molecule has 2 aromatic carbocycles. The number of benzene rings is 2. The summed E-state index contributed by atoms with van der Waals surface area (Å²) in [6.45, 7) is 3.92. The van der Waals surface area contributed by atoms with Gasteiger partial charge in [-0.15, -0.1) is 0 Å². The Balaban J connectivity index is 2.23. The van der Waals surface area contributed by atoms with Gasteiger partial charge in [-0.1, -0.05) is 0 Å². The molecule has 1 heterocycles. The maximum absolute atomic E-state index is 12.5. The van der Waals surface area contributed by atoms with Crippen molar-refractivity contribution in [3.8, 4) is 28.6 Å². The number of hydrogen-bond donors (Lipinski definition) is 1. The molecule has 0 atom stereocenters. The number of aromatic nitrogens is 2. The Bertz CT molecular complexity index is 985. The zero-order valence-corrected chi connectivity index (χ0v) is 14.9. The van der Waals surface area contributed by atoms with Crippen LogP contribution in [0.15, 0.2) is 29.1 Å².